The number of hydrogen-bond donors (Lipinski definition) is 0. The van der Waals surface area contributed by atoms with E-state index < -0.39 is 47.6 Å². The number of amides is 2. The van der Waals surface area contributed by atoms with E-state index >= 15 is 0 Å². The molecule has 0 spiro atoms. The third kappa shape index (κ3) is 5.16. The number of ether oxygens (including phenoxy) is 1. The third-order valence-electron chi connectivity index (χ3n) is 6.37. The van der Waals surface area contributed by atoms with Gasteiger partial charge in [-0.05, 0) is 67.5 Å². The number of hydrogen-bond acceptors (Lipinski definition) is 5. The monoisotopic (exact) mass is 466 g/mol. The fourth-order valence-corrected chi connectivity index (χ4v) is 3.78. The first-order chi connectivity index (χ1) is 15.0. The summed E-state index contributed by atoms with van der Waals surface area (Å²) in [5, 5.41) is 0. The molecule has 7 nitrogen and oxygen atoms in total. The number of carbonyl (C=O) groups excluding carboxylic acids is 2. The summed E-state index contributed by atoms with van der Waals surface area (Å²) in [5.41, 5.74) is -2.52. The normalized spacial score (nSPS) is 22.5. The molecular weight excluding hydrogens is 433 g/mol. The maximum atomic E-state index is 15.0. The predicted molar refractivity (Wildman–Crippen MR) is 120 cm³/mol. The number of rotatable bonds is 2. The highest BCUT2D eigenvalue weighted by Gasteiger charge is 2.52. The minimum absolute atomic E-state index is 0.0918. The Morgan fingerprint density at radius 2 is 1.64 bits per heavy atom. The van der Waals surface area contributed by atoms with Crippen molar-refractivity contribution in [3.8, 4) is 0 Å². The summed E-state index contributed by atoms with van der Waals surface area (Å²) in [4.78, 5) is 28.3. The number of nitrogens with zero attached hydrogens (tertiary/aromatic N) is 2. The molecule has 1 atom stereocenters. The van der Waals surface area contributed by atoms with Crippen LogP contribution in [0.2, 0.25) is 0 Å². The summed E-state index contributed by atoms with van der Waals surface area (Å²) in [6.45, 7) is 15.0. The zero-order chi connectivity index (χ0) is 24.9. The molecule has 0 saturated carbocycles. The first-order valence-electron chi connectivity index (χ1n) is 11.2. The van der Waals surface area contributed by atoms with Crippen LogP contribution in [-0.4, -0.2) is 71.4 Å². The molecule has 0 radical (unpaired) electrons. The number of halogens is 2. The number of benzene rings is 1. The minimum atomic E-state index is -1.08. The standard InChI is InChI=1S/C23H33BF2N2O5/c1-14-13-27(9-10-28(14)20(30)31-21(2,3)4)19(29)15-11-18(26)16(12-17(15)25)24-32-22(5,6)23(7,8)33-24/h11-12,14H,9-10,13H2,1-8H3/t14-/m1/s1. The van der Waals surface area contributed by atoms with Crippen LogP contribution in [0.15, 0.2) is 12.1 Å². The molecule has 2 aliphatic rings. The van der Waals surface area contributed by atoms with Gasteiger partial charge in [-0.2, -0.15) is 0 Å². The lowest BCUT2D eigenvalue weighted by atomic mass is 9.78. The maximum absolute atomic E-state index is 15.0. The molecule has 1 aromatic carbocycles. The second-order valence-corrected chi connectivity index (χ2v) is 10.7. The SMILES string of the molecule is C[C@@H]1CN(C(=O)c2cc(F)c(B3OC(C)(C)C(C)(C)O3)cc2F)CCN1C(=O)OC(C)(C)C. The summed E-state index contributed by atoms with van der Waals surface area (Å²) in [6.07, 6.45) is -0.467. The van der Waals surface area contributed by atoms with Crippen LogP contribution < -0.4 is 5.46 Å². The average Bonchev–Trinajstić information content (AvgIpc) is 2.88. The third-order valence-corrected chi connectivity index (χ3v) is 6.37. The van der Waals surface area contributed by atoms with Crippen molar-refractivity contribution in [3.05, 3.63) is 29.3 Å². The van der Waals surface area contributed by atoms with E-state index in [0.29, 0.717) is 0 Å². The Balaban J connectivity index is 1.74. The van der Waals surface area contributed by atoms with Crippen LogP contribution in [0, 0.1) is 11.6 Å². The van der Waals surface area contributed by atoms with Crippen molar-refractivity contribution in [2.45, 2.75) is 78.2 Å². The zero-order valence-corrected chi connectivity index (χ0v) is 20.6. The minimum Gasteiger partial charge on any atom is -0.444 e. The highest BCUT2D eigenvalue weighted by atomic mass is 19.1. The first-order valence-corrected chi connectivity index (χ1v) is 11.2. The van der Waals surface area contributed by atoms with Crippen LogP contribution in [0.3, 0.4) is 0 Å². The molecule has 10 heteroatoms. The molecule has 2 heterocycles. The van der Waals surface area contributed by atoms with Crippen LogP contribution in [0.1, 0.15) is 65.7 Å². The van der Waals surface area contributed by atoms with Gasteiger partial charge in [-0.25, -0.2) is 13.6 Å². The first kappa shape index (κ1) is 25.4. The van der Waals surface area contributed by atoms with E-state index in [0.717, 1.165) is 12.1 Å². The van der Waals surface area contributed by atoms with Crippen molar-refractivity contribution in [1.29, 1.82) is 0 Å². The van der Waals surface area contributed by atoms with Crippen molar-refractivity contribution in [2.24, 2.45) is 0 Å². The lowest BCUT2D eigenvalue weighted by Crippen LogP contribution is -2.56. The van der Waals surface area contributed by atoms with Gasteiger partial charge >= 0.3 is 13.2 Å². The largest absolute Gasteiger partial charge is 0.497 e. The molecule has 0 aliphatic carbocycles. The molecular formula is C23H33BF2N2O5. The molecule has 2 fully saturated rings. The van der Waals surface area contributed by atoms with Gasteiger partial charge in [-0.1, -0.05) is 0 Å². The number of carbonyl (C=O) groups is 2. The summed E-state index contributed by atoms with van der Waals surface area (Å²) in [6, 6.07) is 1.52. The van der Waals surface area contributed by atoms with Gasteiger partial charge in [0.1, 0.15) is 17.2 Å². The van der Waals surface area contributed by atoms with Crippen molar-refractivity contribution in [2.75, 3.05) is 19.6 Å². The van der Waals surface area contributed by atoms with Crippen LogP contribution in [-0.2, 0) is 14.0 Å². The van der Waals surface area contributed by atoms with E-state index in [2.05, 4.69) is 0 Å². The molecule has 3 rings (SSSR count). The smallest absolute Gasteiger partial charge is 0.444 e. The molecule has 182 valence electrons. The molecule has 1 aromatic rings. The lowest BCUT2D eigenvalue weighted by Gasteiger charge is -2.40. The molecule has 2 saturated heterocycles. The zero-order valence-electron chi connectivity index (χ0n) is 20.6. The van der Waals surface area contributed by atoms with Gasteiger partial charge in [-0.3, -0.25) is 4.79 Å². The van der Waals surface area contributed by atoms with Crippen LogP contribution in [0.4, 0.5) is 13.6 Å². The second kappa shape index (κ2) is 8.54. The van der Waals surface area contributed by atoms with Gasteiger partial charge in [0.2, 0.25) is 0 Å². The summed E-state index contributed by atoms with van der Waals surface area (Å²) in [7, 11) is -1.08. The van der Waals surface area contributed by atoms with Gasteiger partial charge in [0.25, 0.3) is 5.91 Å². The summed E-state index contributed by atoms with van der Waals surface area (Å²) >= 11 is 0. The summed E-state index contributed by atoms with van der Waals surface area (Å²) in [5.74, 6) is -2.27. The molecule has 2 aliphatic heterocycles. The Morgan fingerprint density at radius 1 is 1.06 bits per heavy atom. The number of piperazine rings is 1. The van der Waals surface area contributed by atoms with E-state index in [4.69, 9.17) is 14.0 Å². The Hall–Kier alpha value is -2.20. The molecule has 2 amide bonds. The Morgan fingerprint density at radius 3 is 2.15 bits per heavy atom. The molecule has 0 aromatic heterocycles. The fourth-order valence-electron chi connectivity index (χ4n) is 3.78. The lowest BCUT2D eigenvalue weighted by molar-refractivity contribution is 0.00190. The fraction of sp³-hybridized carbons (Fsp3) is 0.652. The Labute approximate surface area is 194 Å². The van der Waals surface area contributed by atoms with Gasteiger partial charge in [0.15, 0.2) is 0 Å². The Kier molecular flexibility index (Phi) is 6.58. The van der Waals surface area contributed by atoms with Gasteiger partial charge in [0, 0.05) is 31.1 Å². The van der Waals surface area contributed by atoms with Crippen molar-refractivity contribution in [1.82, 2.24) is 9.80 Å². The van der Waals surface area contributed by atoms with Gasteiger partial charge < -0.3 is 23.8 Å². The van der Waals surface area contributed by atoms with Crippen molar-refractivity contribution in [3.63, 3.8) is 0 Å². The molecule has 0 unspecified atom stereocenters. The van der Waals surface area contributed by atoms with E-state index in [1.807, 2.05) is 27.7 Å². The van der Waals surface area contributed by atoms with Gasteiger partial charge in [-0.15, -0.1) is 0 Å². The highest BCUT2D eigenvalue weighted by molar-refractivity contribution is 6.62. The molecule has 0 N–H and O–H groups in total. The Bertz CT molecular complexity index is 932. The van der Waals surface area contributed by atoms with Crippen LogP contribution >= 0.6 is 0 Å². The molecule has 33 heavy (non-hydrogen) atoms. The van der Waals surface area contributed by atoms with E-state index in [1.54, 1.807) is 27.7 Å². The van der Waals surface area contributed by atoms with Crippen LogP contribution in [0.25, 0.3) is 0 Å². The van der Waals surface area contributed by atoms with Gasteiger partial charge in [0.05, 0.1) is 16.8 Å². The van der Waals surface area contributed by atoms with E-state index in [9.17, 15) is 18.4 Å². The highest BCUT2D eigenvalue weighted by Crippen LogP contribution is 2.36. The average molecular weight is 466 g/mol. The quantitative estimate of drug-likeness (QED) is 0.626. The van der Waals surface area contributed by atoms with Crippen molar-refractivity contribution < 1.29 is 32.4 Å². The summed E-state index contributed by atoms with van der Waals surface area (Å²) < 4.78 is 46.9. The van der Waals surface area contributed by atoms with Crippen LogP contribution in [0.5, 0.6) is 0 Å². The maximum Gasteiger partial charge on any atom is 0.497 e. The molecule has 0 bridgehead atoms. The van der Waals surface area contributed by atoms with E-state index in [-0.39, 0.29) is 36.7 Å². The topological polar surface area (TPSA) is 68.3 Å². The predicted octanol–water partition coefficient (Wildman–Crippen LogP) is 3.35. The van der Waals surface area contributed by atoms with Crippen molar-refractivity contribution >= 4 is 24.6 Å². The van der Waals surface area contributed by atoms with E-state index in [1.165, 1.54) is 9.80 Å². The second-order valence-electron chi connectivity index (χ2n) is 10.7.